The minimum absolute atomic E-state index is 0. The fraction of sp³-hybridized carbons (Fsp3) is 0.556. The van der Waals surface area contributed by atoms with Crippen LogP contribution >= 0.6 is 39.9 Å². The summed E-state index contributed by atoms with van der Waals surface area (Å²) in [7, 11) is 1.76. The van der Waals surface area contributed by atoms with Gasteiger partial charge < -0.3 is 20.3 Å². The Kier molecular flexibility index (Phi) is 7.72. The van der Waals surface area contributed by atoms with Crippen molar-refractivity contribution in [2.45, 2.75) is 19.8 Å². The zero-order valence-electron chi connectivity index (χ0n) is 15.2. The number of rotatable bonds is 3. The number of aryl methyl sites for hydroxylation is 1. The lowest BCUT2D eigenvalue weighted by Gasteiger charge is -2.24. The standard InChI is InChI=1S/C18H25BrN4O2.HI/c1-13-3-4-14(19)9-15(13)22-16(24)10-21-17(20-2)23-7-5-18(11-23)6-8-25-12-18;/h3-4,9H,5-8,10-12H2,1-2H3,(H,20,21)(H,22,24);1H. The van der Waals surface area contributed by atoms with E-state index in [2.05, 4.69) is 36.5 Å². The van der Waals surface area contributed by atoms with Gasteiger partial charge in [-0.2, -0.15) is 0 Å². The number of aliphatic imine (C=N–C) groups is 1. The lowest BCUT2D eigenvalue weighted by Crippen LogP contribution is -2.44. The third kappa shape index (κ3) is 5.10. The maximum Gasteiger partial charge on any atom is 0.243 e. The summed E-state index contributed by atoms with van der Waals surface area (Å²) < 4.78 is 6.52. The van der Waals surface area contributed by atoms with Crippen molar-refractivity contribution in [1.29, 1.82) is 0 Å². The number of nitrogens with one attached hydrogen (secondary N) is 2. The number of nitrogens with zero attached hydrogens (tertiary/aromatic N) is 2. The molecule has 1 unspecified atom stereocenters. The van der Waals surface area contributed by atoms with Crippen LogP contribution in [0.3, 0.4) is 0 Å². The van der Waals surface area contributed by atoms with Gasteiger partial charge in [-0.3, -0.25) is 9.79 Å². The molecule has 0 radical (unpaired) electrons. The molecule has 0 aliphatic carbocycles. The molecule has 2 saturated heterocycles. The van der Waals surface area contributed by atoms with Crippen LogP contribution < -0.4 is 10.6 Å². The molecular formula is C18H26BrIN4O2. The molecule has 2 aliphatic heterocycles. The first-order valence-electron chi connectivity index (χ1n) is 8.61. The molecule has 26 heavy (non-hydrogen) atoms. The smallest absolute Gasteiger partial charge is 0.243 e. The summed E-state index contributed by atoms with van der Waals surface area (Å²) in [6, 6.07) is 5.84. The Hall–Kier alpha value is -0.870. The van der Waals surface area contributed by atoms with Gasteiger partial charge in [-0.1, -0.05) is 22.0 Å². The molecule has 8 heteroatoms. The summed E-state index contributed by atoms with van der Waals surface area (Å²) >= 11 is 3.43. The Labute approximate surface area is 180 Å². The highest BCUT2D eigenvalue weighted by atomic mass is 127. The zero-order valence-corrected chi connectivity index (χ0v) is 19.1. The van der Waals surface area contributed by atoms with E-state index in [4.69, 9.17) is 4.74 Å². The van der Waals surface area contributed by atoms with Crippen molar-refractivity contribution in [2.24, 2.45) is 10.4 Å². The number of ether oxygens (including phenoxy) is 1. The number of hydrogen-bond donors (Lipinski definition) is 2. The van der Waals surface area contributed by atoms with Crippen LogP contribution in [0.5, 0.6) is 0 Å². The number of amides is 1. The van der Waals surface area contributed by atoms with E-state index in [1.54, 1.807) is 7.05 Å². The summed E-state index contributed by atoms with van der Waals surface area (Å²) in [5.41, 5.74) is 2.12. The van der Waals surface area contributed by atoms with Crippen molar-refractivity contribution < 1.29 is 9.53 Å². The van der Waals surface area contributed by atoms with Crippen LogP contribution in [0, 0.1) is 12.3 Å². The number of guanidine groups is 1. The van der Waals surface area contributed by atoms with Crippen LogP contribution in [0.15, 0.2) is 27.7 Å². The Morgan fingerprint density at radius 3 is 2.92 bits per heavy atom. The number of anilines is 1. The van der Waals surface area contributed by atoms with Gasteiger partial charge in [0.1, 0.15) is 0 Å². The molecule has 2 N–H and O–H groups in total. The van der Waals surface area contributed by atoms with Crippen molar-refractivity contribution in [3.63, 3.8) is 0 Å². The average molecular weight is 537 g/mol. The molecule has 6 nitrogen and oxygen atoms in total. The number of carbonyl (C=O) groups excluding carboxylic acids is 1. The van der Waals surface area contributed by atoms with Gasteiger partial charge in [-0.15, -0.1) is 24.0 Å². The van der Waals surface area contributed by atoms with Gasteiger partial charge >= 0.3 is 0 Å². The molecule has 0 aromatic heterocycles. The van der Waals surface area contributed by atoms with E-state index in [0.29, 0.717) is 0 Å². The molecule has 2 heterocycles. The highest BCUT2D eigenvalue weighted by Crippen LogP contribution is 2.38. The monoisotopic (exact) mass is 536 g/mol. The first-order valence-corrected chi connectivity index (χ1v) is 9.40. The quantitative estimate of drug-likeness (QED) is 0.354. The molecule has 2 fully saturated rings. The summed E-state index contributed by atoms with van der Waals surface area (Å²) in [6.45, 7) is 5.76. The van der Waals surface area contributed by atoms with Crippen molar-refractivity contribution in [2.75, 3.05) is 45.2 Å². The molecule has 0 bridgehead atoms. The Morgan fingerprint density at radius 1 is 1.42 bits per heavy atom. The van der Waals surface area contributed by atoms with Gasteiger partial charge in [0.15, 0.2) is 5.96 Å². The molecule has 3 rings (SSSR count). The number of benzene rings is 1. The third-order valence-corrected chi connectivity index (χ3v) is 5.51. The molecule has 1 spiro atoms. The molecule has 1 aromatic carbocycles. The molecule has 1 amide bonds. The predicted molar refractivity (Wildman–Crippen MR) is 118 cm³/mol. The third-order valence-electron chi connectivity index (χ3n) is 5.02. The van der Waals surface area contributed by atoms with E-state index >= 15 is 0 Å². The maximum atomic E-state index is 12.3. The van der Waals surface area contributed by atoms with Crippen LogP contribution in [-0.2, 0) is 9.53 Å². The fourth-order valence-corrected chi connectivity index (χ4v) is 3.86. The normalized spacial score (nSPS) is 22.4. The van der Waals surface area contributed by atoms with Gasteiger partial charge in [-0.05, 0) is 37.5 Å². The van der Waals surface area contributed by atoms with E-state index in [1.807, 2.05) is 25.1 Å². The summed E-state index contributed by atoms with van der Waals surface area (Å²) in [5.74, 6) is 0.699. The lowest BCUT2D eigenvalue weighted by molar-refractivity contribution is -0.115. The van der Waals surface area contributed by atoms with Gasteiger partial charge in [-0.25, -0.2) is 0 Å². The molecular weight excluding hydrogens is 511 g/mol. The zero-order chi connectivity index (χ0) is 17.9. The van der Waals surface area contributed by atoms with Crippen molar-refractivity contribution in [3.05, 3.63) is 28.2 Å². The van der Waals surface area contributed by atoms with E-state index in [1.165, 1.54) is 0 Å². The summed E-state index contributed by atoms with van der Waals surface area (Å²) in [5, 5.41) is 6.13. The first-order chi connectivity index (χ1) is 12.0. The van der Waals surface area contributed by atoms with E-state index in [9.17, 15) is 4.79 Å². The second-order valence-electron chi connectivity index (χ2n) is 6.88. The van der Waals surface area contributed by atoms with Crippen molar-refractivity contribution >= 4 is 57.5 Å². The Morgan fingerprint density at radius 2 is 2.23 bits per heavy atom. The van der Waals surface area contributed by atoms with Crippen LogP contribution in [0.1, 0.15) is 18.4 Å². The number of likely N-dealkylation sites (tertiary alicyclic amines) is 1. The van der Waals surface area contributed by atoms with Crippen molar-refractivity contribution in [3.8, 4) is 0 Å². The van der Waals surface area contributed by atoms with E-state index < -0.39 is 0 Å². The average Bonchev–Trinajstić information content (AvgIpc) is 3.22. The molecule has 144 valence electrons. The Bertz CT molecular complexity index is 677. The highest BCUT2D eigenvalue weighted by molar-refractivity contribution is 14.0. The maximum absolute atomic E-state index is 12.3. The van der Waals surface area contributed by atoms with Crippen LogP contribution in [0.25, 0.3) is 0 Å². The van der Waals surface area contributed by atoms with Crippen LogP contribution in [0.2, 0.25) is 0 Å². The lowest BCUT2D eigenvalue weighted by atomic mass is 9.87. The van der Waals surface area contributed by atoms with E-state index in [0.717, 1.165) is 60.8 Å². The highest BCUT2D eigenvalue weighted by Gasteiger charge is 2.42. The molecule has 0 saturated carbocycles. The molecule has 2 aliphatic rings. The second-order valence-corrected chi connectivity index (χ2v) is 7.80. The molecule has 1 atom stereocenters. The largest absolute Gasteiger partial charge is 0.381 e. The number of halogens is 2. The number of carbonyl (C=O) groups is 1. The van der Waals surface area contributed by atoms with Gasteiger partial charge in [0.05, 0.1) is 13.2 Å². The first kappa shape index (κ1) is 21.4. The van der Waals surface area contributed by atoms with Crippen molar-refractivity contribution in [1.82, 2.24) is 10.2 Å². The predicted octanol–water partition coefficient (Wildman–Crippen LogP) is 3.00. The van der Waals surface area contributed by atoms with Gasteiger partial charge in [0.25, 0.3) is 0 Å². The van der Waals surface area contributed by atoms with Gasteiger partial charge in [0.2, 0.25) is 5.91 Å². The summed E-state index contributed by atoms with van der Waals surface area (Å²) in [4.78, 5) is 18.8. The Balaban J connectivity index is 0.00000243. The topological polar surface area (TPSA) is 66.0 Å². The molecule has 1 aromatic rings. The SMILES string of the molecule is CN=C(NCC(=O)Nc1cc(Br)ccc1C)N1CCC2(CCOC2)C1.I. The summed E-state index contributed by atoms with van der Waals surface area (Å²) in [6.07, 6.45) is 2.24. The number of hydrogen-bond acceptors (Lipinski definition) is 3. The van der Waals surface area contributed by atoms with Crippen LogP contribution in [0.4, 0.5) is 5.69 Å². The van der Waals surface area contributed by atoms with Crippen LogP contribution in [-0.4, -0.2) is 56.7 Å². The minimum Gasteiger partial charge on any atom is -0.381 e. The second kappa shape index (κ2) is 9.36. The minimum atomic E-state index is -0.0829. The van der Waals surface area contributed by atoms with Gasteiger partial charge in [0, 0.05) is 42.3 Å². The van der Waals surface area contributed by atoms with E-state index in [-0.39, 0.29) is 41.8 Å². The fourth-order valence-electron chi connectivity index (χ4n) is 3.50.